The van der Waals surface area contributed by atoms with Gasteiger partial charge in [-0.2, -0.15) is 0 Å². The second kappa shape index (κ2) is 7.80. The number of ether oxygens (including phenoxy) is 2. The van der Waals surface area contributed by atoms with Crippen LogP contribution in [0.25, 0.3) is 0 Å². The van der Waals surface area contributed by atoms with Crippen molar-refractivity contribution < 1.29 is 27.8 Å². The fourth-order valence-corrected chi connectivity index (χ4v) is 2.12. The Morgan fingerprint density at radius 3 is 1.96 bits per heavy atom. The van der Waals surface area contributed by atoms with E-state index in [4.69, 9.17) is 21.1 Å². The van der Waals surface area contributed by atoms with E-state index in [1.807, 2.05) is 0 Å². The number of hydrogen-bond donors (Lipinski definition) is 2. The molecule has 2 aromatic rings. The Balaban J connectivity index is 2.12. The lowest BCUT2D eigenvalue weighted by atomic mass is 10.2. The molecule has 0 radical (unpaired) electrons. The van der Waals surface area contributed by atoms with E-state index >= 15 is 0 Å². The monoisotopic (exact) mass is 370 g/mol. The summed E-state index contributed by atoms with van der Waals surface area (Å²) in [6, 6.07) is 5.72. The van der Waals surface area contributed by atoms with Crippen LogP contribution in [0.2, 0.25) is 5.02 Å². The van der Waals surface area contributed by atoms with Gasteiger partial charge in [0, 0.05) is 11.6 Å². The summed E-state index contributed by atoms with van der Waals surface area (Å²) in [6.45, 7) is 0. The van der Waals surface area contributed by atoms with E-state index in [9.17, 15) is 18.4 Å². The van der Waals surface area contributed by atoms with E-state index in [1.165, 1.54) is 26.4 Å². The second-order valence-electron chi connectivity index (χ2n) is 4.76. The number of hydrazine groups is 1. The number of methoxy groups -OCH3 is 2. The molecule has 25 heavy (non-hydrogen) atoms. The zero-order valence-corrected chi connectivity index (χ0v) is 13.9. The summed E-state index contributed by atoms with van der Waals surface area (Å²) in [5, 5.41) is -0.298. The van der Waals surface area contributed by atoms with Crippen molar-refractivity contribution in [1.82, 2.24) is 10.9 Å². The minimum Gasteiger partial charge on any atom is -0.497 e. The van der Waals surface area contributed by atoms with Crippen molar-refractivity contribution in [2.24, 2.45) is 0 Å². The molecule has 0 aliphatic carbocycles. The van der Waals surface area contributed by atoms with Crippen molar-refractivity contribution in [3.63, 3.8) is 0 Å². The molecule has 132 valence electrons. The molecule has 0 heterocycles. The molecule has 2 aromatic carbocycles. The van der Waals surface area contributed by atoms with Gasteiger partial charge in [0.25, 0.3) is 11.8 Å². The van der Waals surface area contributed by atoms with E-state index in [0.29, 0.717) is 23.6 Å². The lowest BCUT2D eigenvalue weighted by molar-refractivity contribution is 0.0846. The van der Waals surface area contributed by atoms with Crippen LogP contribution in [0.1, 0.15) is 20.7 Å². The predicted molar refractivity (Wildman–Crippen MR) is 85.8 cm³/mol. The zero-order valence-electron chi connectivity index (χ0n) is 13.2. The van der Waals surface area contributed by atoms with Crippen molar-refractivity contribution in [1.29, 1.82) is 0 Å². The highest BCUT2D eigenvalue weighted by Gasteiger charge is 2.16. The molecule has 0 aliphatic heterocycles. The Hall–Kier alpha value is -2.87. The molecule has 0 fully saturated rings. The Morgan fingerprint density at radius 1 is 0.880 bits per heavy atom. The molecule has 0 saturated carbocycles. The predicted octanol–water partition coefficient (Wildman–Crippen LogP) is 2.71. The van der Waals surface area contributed by atoms with Crippen LogP contribution in [-0.2, 0) is 0 Å². The molecule has 0 spiro atoms. The van der Waals surface area contributed by atoms with Gasteiger partial charge in [0.15, 0.2) is 11.6 Å². The van der Waals surface area contributed by atoms with Gasteiger partial charge >= 0.3 is 0 Å². The van der Waals surface area contributed by atoms with Crippen LogP contribution in [0, 0.1) is 11.6 Å². The number of hydrogen-bond acceptors (Lipinski definition) is 4. The van der Waals surface area contributed by atoms with Gasteiger partial charge < -0.3 is 9.47 Å². The summed E-state index contributed by atoms with van der Waals surface area (Å²) < 4.78 is 36.3. The summed E-state index contributed by atoms with van der Waals surface area (Å²) in [5.41, 5.74) is 4.02. The summed E-state index contributed by atoms with van der Waals surface area (Å²) in [4.78, 5) is 24.1. The molecule has 0 aliphatic rings. The fourth-order valence-electron chi connectivity index (χ4n) is 1.89. The molecule has 9 heteroatoms. The quantitative estimate of drug-likeness (QED) is 0.641. The first kappa shape index (κ1) is 18.5. The Bertz CT molecular complexity index is 808. The standard InChI is InChI=1S/C16H13ClF2N2O4/c1-24-9-3-8(4-10(5-9)25-2)15(22)20-21-16(23)11-6-13(18)14(19)7-12(11)17/h3-7H,1-2H3,(H,20,22)(H,21,23). The molecule has 0 atom stereocenters. The minimum atomic E-state index is -1.24. The Morgan fingerprint density at radius 2 is 1.40 bits per heavy atom. The summed E-state index contributed by atoms with van der Waals surface area (Å²) in [6.07, 6.45) is 0. The molecular weight excluding hydrogens is 358 g/mol. The fraction of sp³-hybridized carbons (Fsp3) is 0.125. The highest BCUT2D eigenvalue weighted by Crippen LogP contribution is 2.22. The van der Waals surface area contributed by atoms with Crippen LogP contribution in [0.3, 0.4) is 0 Å². The van der Waals surface area contributed by atoms with Gasteiger partial charge in [-0.25, -0.2) is 8.78 Å². The first-order valence-electron chi connectivity index (χ1n) is 6.84. The Labute approximate surface area is 146 Å². The molecule has 0 saturated heterocycles. The number of benzene rings is 2. The van der Waals surface area contributed by atoms with Gasteiger partial charge in [0.2, 0.25) is 0 Å². The maximum Gasteiger partial charge on any atom is 0.271 e. The molecule has 2 amide bonds. The van der Waals surface area contributed by atoms with E-state index in [-0.39, 0.29) is 16.1 Å². The van der Waals surface area contributed by atoms with E-state index in [1.54, 1.807) is 6.07 Å². The summed E-state index contributed by atoms with van der Waals surface area (Å²) >= 11 is 5.69. The number of halogens is 3. The largest absolute Gasteiger partial charge is 0.497 e. The third kappa shape index (κ3) is 4.36. The molecule has 2 rings (SSSR count). The topological polar surface area (TPSA) is 76.7 Å². The smallest absolute Gasteiger partial charge is 0.271 e. The maximum atomic E-state index is 13.2. The average Bonchev–Trinajstić information content (AvgIpc) is 2.61. The van der Waals surface area contributed by atoms with Gasteiger partial charge in [0.1, 0.15) is 11.5 Å². The van der Waals surface area contributed by atoms with Crippen molar-refractivity contribution >= 4 is 23.4 Å². The van der Waals surface area contributed by atoms with Crippen LogP contribution < -0.4 is 20.3 Å². The van der Waals surface area contributed by atoms with Gasteiger partial charge in [0.05, 0.1) is 24.8 Å². The molecular formula is C16H13ClF2N2O4. The van der Waals surface area contributed by atoms with Crippen LogP contribution in [0.4, 0.5) is 8.78 Å². The van der Waals surface area contributed by atoms with E-state index in [0.717, 1.165) is 0 Å². The first-order chi connectivity index (χ1) is 11.8. The lowest BCUT2D eigenvalue weighted by Crippen LogP contribution is -2.41. The Kier molecular flexibility index (Phi) is 5.76. The van der Waals surface area contributed by atoms with Crippen molar-refractivity contribution in [3.05, 3.63) is 58.1 Å². The SMILES string of the molecule is COc1cc(OC)cc(C(=O)NNC(=O)c2cc(F)c(F)cc2Cl)c1. The van der Waals surface area contributed by atoms with Crippen LogP contribution in [0.5, 0.6) is 11.5 Å². The number of nitrogens with one attached hydrogen (secondary N) is 2. The van der Waals surface area contributed by atoms with Crippen LogP contribution in [-0.4, -0.2) is 26.0 Å². The number of rotatable bonds is 4. The summed E-state index contributed by atoms with van der Waals surface area (Å²) in [5.74, 6) is -3.26. The third-order valence-electron chi connectivity index (χ3n) is 3.16. The van der Waals surface area contributed by atoms with Crippen molar-refractivity contribution in [3.8, 4) is 11.5 Å². The third-order valence-corrected chi connectivity index (χ3v) is 3.47. The second-order valence-corrected chi connectivity index (χ2v) is 5.16. The van der Waals surface area contributed by atoms with Gasteiger partial charge in [-0.1, -0.05) is 11.6 Å². The number of carbonyl (C=O) groups is 2. The first-order valence-corrected chi connectivity index (χ1v) is 7.21. The van der Waals surface area contributed by atoms with E-state index in [2.05, 4.69) is 10.9 Å². The van der Waals surface area contributed by atoms with Gasteiger partial charge in [-0.15, -0.1) is 0 Å². The van der Waals surface area contributed by atoms with Crippen molar-refractivity contribution in [2.75, 3.05) is 14.2 Å². The molecule has 0 aromatic heterocycles. The molecule has 2 N–H and O–H groups in total. The van der Waals surface area contributed by atoms with Crippen LogP contribution in [0.15, 0.2) is 30.3 Å². The average molecular weight is 371 g/mol. The number of amides is 2. The van der Waals surface area contributed by atoms with Crippen LogP contribution >= 0.6 is 11.6 Å². The normalized spacial score (nSPS) is 10.1. The zero-order chi connectivity index (χ0) is 18.6. The molecule has 6 nitrogen and oxygen atoms in total. The highest BCUT2D eigenvalue weighted by molar-refractivity contribution is 6.33. The molecule has 0 bridgehead atoms. The van der Waals surface area contributed by atoms with E-state index < -0.39 is 23.4 Å². The summed E-state index contributed by atoms with van der Waals surface area (Å²) in [7, 11) is 2.84. The van der Waals surface area contributed by atoms with Gasteiger partial charge in [-0.3, -0.25) is 20.4 Å². The molecule has 0 unspecified atom stereocenters. The number of carbonyl (C=O) groups excluding carboxylic acids is 2. The lowest BCUT2D eigenvalue weighted by Gasteiger charge is -2.11. The highest BCUT2D eigenvalue weighted by atomic mass is 35.5. The minimum absolute atomic E-state index is 0.146. The maximum absolute atomic E-state index is 13.2. The van der Waals surface area contributed by atoms with Crippen molar-refractivity contribution in [2.45, 2.75) is 0 Å². The van der Waals surface area contributed by atoms with Gasteiger partial charge in [-0.05, 0) is 24.3 Å².